The number of halogens is 3. The highest BCUT2D eigenvalue weighted by molar-refractivity contribution is 9.10. The molecule has 1 aromatic carbocycles. The summed E-state index contributed by atoms with van der Waals surface area (Å²) in [6, 6.07) is 6.67. The second-order valence-corrected chi connectivity index (χ2v) is 4.94. The van der Waals surface area contributed by atoms with E-state index in [1.54, 1.807) is 24.5 Å². The molecule has 0 bridgehead atoms. The molecule has 0 unspecified atom stereocenters. The van der Waals surface area contributed by atoms with Crippen molar-refractivity contribution in [3.05, 3.63) is 51.1 Å². The summed E-state index contributed by atoms with van der Waals surface area (Å²) in [4.78, 5) is 0. The minimum Gasteiger partial charge on any atom is -0.466 e. The van der Waals surface area contributed by atoms with E-state index < -0.39 is 0 Å². The SMILES string of the molecule is Fc1cc(Br)ccc1NCc1occc1Br. The van der Waals surface area contributed by atoms with Crippen molar-refractivity contribution in [3.63, 3.8) is 0 Å². The molecule has 1 N–H and O–H groups in total. The second kappa shape index (κ2) is 5.01. The Morgan fingerprint density at radius 2 is 2.06 bits per heavy atom. The minimum absolute atomic E-state index is 0.294. The van der Waals surface area contributed by atoms with Gasteiger partial charge in [0, 0.05) is 4.47 Å². The van der Waals surface area contributed by atoms with Crippen molar-refractivity contribution in [2.24, 2.45) is 0 Å². The average molecular weight is 349 g/mol. The predicted octanol–water partition coefficient (Wildman–Crippen LogP) is 4.56. The first-order valence-corrected chi connectivity index (χ1v) is 6.16. The maximum absolute atomic E-state index is 13.4. The Morgan fingerprint density at radius 1 is 1.25 bits per heavy atom. The van der Waals surface area contributed by atoms with Crippen LogP contribution in [-0.4, -0.2) is 0 Å². The van der Waals surface area contributed by atoms with Crippen LogP contribution in [0.2, 0.25) is 0 Å². The smallest absolute Gasteiger partial charge is 0.147 e. The van der Waals surface area contributed by atoms with E-state index in [0.717, 1.165) is 14.7 Å². The molecule has 0 saturated heterocycles. The topological polar surface area (TPSA) is 25.2 Å². The number of benzene rings is 1. The van der Waals surface area contributed by atoms with Crippen LogP contribution in [0.15, 0.2) is 43.9 Å². The molecule has 5 heteroatoms. The molecule has 2 rings (SSSR count). The Balaban J connectivity index is 2.08. The van der Waals surface area contributed by atoms with Gasteiger partial charge in [-0.05, 0) is 40.2 Å². The fourth-order valence-corrected chi connectivity index (χ4v) is 1.93. The van der Waals surface area contributed by atoms with E-state index in [9.17, 15) is 4.39 Å². The number of rotatable bonds is 3. The highest BCUT2D eigenvalue weighted by Crippen LogP contribution is 2.22. The van der Waals surface area contributed by atoms with Gasteiger partial charge < -0.3 is 9.73 Å². The standard InChI is InChI=1S/C11H8Br2FNO/c12-7-1-2-10(9(14)5-7)15-6-11-8(13)3-4-16-11/h1-5,15H,6H2. The Labute approximate surface area is 109 Å². The van der Waals surface area contributed by atoms with Crippen LogP contribution in [0.3, 0.4) is 0 Å². The van der Waals surface area contributed by atoms with Gasteiger partial charge in [0.1, 0.15) is 11.6 Å². The molecule has 0 aliphatic rings. The minimum atomic E-state index is -0.294. The number of anilines is 1. The van der Waals surface area contributed by atoms with Crippen LogP contribution in [0.4, 0.5) is 10.1 Å². The first-order chi connectivity index (χ1) is 7.66. The molecule has 0 aliphatic heterocycles. The molecule has 0 amide bonds. The summed E-state index contributed by atoms with van der Waals surface area (Å²) in [7, 11) is 0. The van der Waals surface area contributed by atoms with Crippen LogP contribution in [0.1, 0.15) is 5.76 Å². The fraction of sp³-hybridized carbons (Fsp3) is 0.0909. The lowest BCUT2D eigenvalue weighted by Crippen LogP contribution is -2.00. The molecule has 2 aromatic rings. The molecule has 1 aromatic heterocycles. The number of nitrogens with one attached hydrogen (secondary N) is 1. The van der Waals surface area contributed by atoms with Crippen molar-refractivity contribution >= 4 is 37.5 Å². The molecule has 0 aliphatic carbocycles. The molecule has 0 radical (unpaired) electrons. The lowest BCUT2D eigenvalue weighted by Gasteiger charge is -2.06. The summed E-state index contributed by atoms with van der Waals surface area (Å²) < 4.78 is 20.2. The van der Waals surface area contributed by atoms with Crippen LogP contribution < -0.4 is 5.32 Å². The summed E-state index contributed by atoms with van der Waals surface area (Å²) in [6.45, 7) is 0.437. The Morgan fingerprint density at radius 3 is 2.69 bits per heavy atom. The maximum atomic E-state index is 13.4. The van der Waals surface area contributed by atoms with Gasteiger partial charge in [-0.3, -0.25) is 0 Å². The van der Waals surface area contributed by atoms with Crippen molar-refractivity contribution in [1.82, 2.24) is 0 Å². The van der Waals surface area contributed by atoms with Crippen LogP contribution in [0, 0.1) is 5.82 Å². The lowest BCUT2D eigenvalue weighted by molar-refractivity contribution is 0.515. The van der Waals surface area contributed by atoms with Crippen LogP contribution in [0.5, 0.6) is 0 Å². The summed E-state index contributed by atoms with van der Waals surface area (Å²) in [5.41, 5.74) is 0.450. The van der Waals surface area contributed by atoms with Gasteiger partial charge in [-0.1, -0.05) is 15.9 Å². The molecule has 0 saturated carbocycles. The monoisotopic (exact) mass is 347 g/mol. The third-order valence-corrected chi connectivity index (χ3v) is 3.26. The molecular weight excluding hydrogens is 341 g/mol. The van der Waals surface area contributed by atoms with Crippen LogP contribution in [0.25, 0.3) is 0 Å². The van der Waals surface area contributed by atoms with Crippen molar-refractivity contribution in [2.75, 3.05) is 5.32 Å². The molecule has 0 atom stereocenters. The van der Waals surface area contributed by atoms with Crippen molar-refractivity contribution < 1.29 is 8.81 Å². The zero-order valence-corrected chi connectivity index (χ0v) is 11.3. The number of furan rings is 1. The van der Waals surface area contributed by atoms with Gasteiger partial charge in [-0.25, -0.2) is 4.39 Å². The molecular formula is C11H8Br2FNO. The average Bonchev–Trinajstić information content (AvgIpc) is 2.63. The van der Waals surface area contributed by atoms with E-state index in [1.807, 2.05) is 0 Å². The highest BCUT2D eigenvalue weighted by Gasteiger charge is 2.05. The van der Waals surface area contributed by atoms with Crippen molar-refractivity contribution in [3.8, 4) is 0 Å². The van der Waals surface area contributed by atoms with E-state index in [-0.39, 0.29) is 5.82 Å². The van der Waals surface area contributed by atoms with Crippen molar-refractivity contribution in [1.29, 1.82) is 0 Å². The van der Waals surface area contributed by atoms with Gasteiger partial charge in [-0.2, -0.15) is 0 Å². The van der Waals surface area contributed by atoms with Gasteiger partial charge in [0.05, 0.1) is 23.0 Å². The summed E-state index contributed by atoms with van der Waals surface area (Å²) in [5, 5.41) is 2.96. The zero-order valence-electron chi connectivity index (χ0n) is 8.14. The number of hydrogen-bond donors (Lipinski definition) is 1. The van der Waals surface area contributed by atoms with Crippen molar-refractivity contribution in [2.45, 2.75) is 6.54 Å². The van der Waals surface area contributed by atoms with Gasteiger partial charge in [0.25, 0.3) is 0 Å². The number of hydrogen-bond acceptors (Lipinski definition) is 2. The normalized spacial score (nSPS) is 10.4. The Kier molecular flexibility index (Phi) is 3.66. The lowest BCUT2D eigenvalue weighted by atomic mass is 10.3. The highest BCUT2D eigenvalue weighted by atomic mass is 79.9. The third-order valence-electron chi connectivity index (χ3n) is 2.06. The molecule has 2 nitrogen and oxygen atoms in total. The quantitative estimate of drug-likeness (QED) is 0.879. The van der Waals surface area contributed by atoms with E-state index in [1.165, 1.54) is 6.07 Å². The zero-order chi connectivity index (χ0) is 11.5. The van der Waals surface area contributed by atoms with E-state index in [4.69, 9.17) is 4.42 Å². The Bertz CT molecular complexity index is 498. The molecule has 0 spiro atoms. The fourth-order valence-electron chi connectivity index (χ4n) is 1.26. The third kappa shape index (κ3) is 2.65. The van der Waals surface area contributed by atoms with Crippen LogP contribution >= 0.6 is 31.9 Å². The molecule has 16 heavy (non-hydrogen) atoms. The first-order valence-electron chi connectivity index (χ1n) is 4.57. The van der Waals surface area contributed by atoms with E-state index >= 15 is 0 Å². The first kappa shape index (κ1) is 11.7. The van der Waals surface area contributed by atoms with E-state index in [0.29, 0.717) is 12.2 Å². The van der Waals surface area contributed by atoms with Crippen LogP contribution in [-0.2, 0) is 6.54 Å². The largest absolute Gasteiger partial charge is 0.466 e. The van der Waals surface area contributed by atoms with Gasteiger partial charge >= 0.3 is 0 Å². The summed E-state index contributed by atoms with van der Waals surface area (Å²) in [6.07, 6.45) is 1.58. The second-order valence-electron chi connectivity index (χ2n) is 3.17. The van der Waals surface area contributed by atoms with Gasteiger partial charge in [0.15, 0.2) is 0 Å². The van der Waals surface area contributed by atoms with Gasteiger partial charge in [-0.15, -0.1) is 0 Å². The summed E-state index contributed by atoms with van der Waals surface area (Å²) in [5.74, 6) is 0.444. The summed E-state index contributed by atoms with van der Waals surface area (Å²) >= 11 is 6.54. The Hall–Kier alpha value is -0.810. The molecule has 84 valence electrons. The maximum Gasteiger partial charge on any atom is 0.147 e. The predicted molar refractivity (Wildman–Crippen MR) is 67.8 cm³/mol. The molecule has 0 fully saturated rings. The van der Waals surface area contributed by atoms with E-state index in [2.05, 4.69) is 37.2 Å². The van der Waals surface area contributed by atoms with Gasteiger partial charge in [0.2, 0.25) is 0 Å². The molecule has 1 heterocycles.